The molecule has 0 aromatic heterocycles. The third kappa shape index (κ3) is 3.95. The molecule has 0 radical (unpaired) electrons. The average Bonchev–Trinajstić information content (AvgIpc) is 2.72. The lowest BCUT2D eigenvalue weighted by atomic mass is 9.79. The van der Waals surface area contributed by atoms with E-state index in [-0.39, 0.29) is 17.1 Å². The van der Waals surface area contributed by atoms with E-state index in [0.717, 1.165) is 34.1 Å². The molecule has 154 valence electrons. The molecular weight excluding hydrogens is 374 g/mol. The molecule has 0 saturated heterocycles. The zero-order valence-electron chi connectivity index (χ0n) is 17.7. The van der Waals surface area contributed by atoms with Crippen molar-refractivity contribution in [2.24, 2.45) is 0 Å². The van der Waals surface area contributed by atoms with E-state index in [2.05, 4.69) is 19.2 Å². The minimum atomic E-state index is -0.00622. The second-order valence-corrected chi connectivity index (χ2v) is 8.55. The van der Waals surface area contributed by atoms with Crippen LogP contribution in [0.1, 0.15) is 54.2 Å². The number of hydrogen-bond acceptors (Lipinski definition) is 3. The predicted molar refractivity (Wildman–Crippen MR) is 119 cm³/mol. The summed E-state index contributed by atoms with van der Waals surface area (Å²) in [5, 5.41) is 4.83. The lowest BCUT2D eigenvalue weighted by Crippen LogP contribution is -2.27. The number of ketones is 1. The molecule has 4 nitrogen and oxygen atoms in total. The number of benzene rings is 3. The van der Waals surface area contributed by atoms with E-state index in [1.807, 2.05) is 61.5 Å². The van der Waals surface area contributed by atoms with Gasteiger partial charge >= 0.3 is 0 Å². The number of rotatable bonds is 5. The van der Waals surface area contributed by atoms with Gasteiger partial charge in [0.15, 0.2) is 5.78 Å². The first-order valence-electron chi connectivity index (χ1n) is 10.5. The van der Waals surface area contributed by atoms with Gasteiger partial charge < -0.3 is 10.1 Å². The predicted octanol–water partition coefficient (Wildman–Crippen LogP) is 4.81. The minimum absolute atomic E-state index is 0.00622. The summed E-state index contributed by atoms with van der Waals surface area (Å²) >= 11 is 0. The number of ether oxygens (including phenoxy) is 1. The highest BCUT2D eigenvalue weighted by Gasteiger charge is 2.29. The Morgan fingerprint density at radius 2 is 1.67 bits per heavy atom. The highest BCUT2D eigenvalue weighted by Crippen LogP contribution is 2.39. The van der Waals surface area contributed by atoms with E-state index in [4.69, 9.17) is 4.74 Å². The topological polar surface area (TPSA) is 55.4 Å². The quantitative estimate of drug-likeness (QED) is 0.624. The summed E-state index contributed by atoms with van der Waals surface area (Å²) in [6.07, 6.45) is 1.30. The maximum Gasteiger partial charge on any atom is 0.224 e. The van der Waals surface area contributed by atoms with Crippen molar-refractivity contribution in [3.05, 3.63) is 76.9 Å². The Balaban J connectivity index is 1.62. The number of amides is 1. The molecule has 0 atom stereocenters. The molecule has 1 heterocycles. The van der Waals surface area contributed by atoms with Crippen molar-refractivity contribution in [3.8, 4) is 5.75 Å². The number of fused-ring (bicyclic) bond motifs is 2. The molecule has 1 N–H and O–H groups in total. The summed E-state index contributed by atoms with van der Waals surface area (Å²) in [5.41, 5.74) is 3.39. The Hall–Kier alpha value is -3.14. The fourth-order valence-electron chi connectivity index (χ4n) is 4.03. The highest BCUT2D eigenvalue weighted by molar-refractivity contribution is 6.11. The van der Waals surface area contributed by atoms with Gasteiger partial charge in [0.25, 0.3) is 0 Å². The monoisotopic (exact) mass is 401 g/mol. The normalized spacial score (nSPS) is 14.6. The van der Waals surface area contributed by atoms with Crippen molar-refractivity contribution in [3.63, 3.8) is 0 Å². The van der Waals surface area contributed by atoms with Crippen LogP contribution in [-0.2, 0) is 16.6 Å². The van der Waals surface area contributed by atoms with Crippen LogP contribution in [0.25, 0.3) is 10.8 Å². The van der Waals surface area contributed by atoms with Crippen molar-refractivity contribution in [1.82, 2.24) is 5.32 Å². The average molecular weight is 402 g/mol. The molecule has 0 spiro atoms. The summed E-state index contributed by atoms with van der Waals surface area (Å²) in [7, 11) is 0. The lowest BCUT2D eigenvalue weighted by molar-refractivity contribution is -0.120. The van der Waals surface area contributed by atoms with Gasteiger partial charge in [-0.05, 0) is 59.4 Å². The largest absolute Gasteiger partial charge is 0.493 e. The second kappa shape index (κ2) is 7.94. The molecule has 3 aromatic rings. The van der Waals surface area contributed by atoms with E-state index in [1.165, 1.54) is 0 Å². The van der Waals surface area contributed by atoms with E-state index < -0.39 is 0 Å². The van der Waals surface area contributed by atoms with Crippen LogP contribution in [0.4, 0.5) is 0 Å². The van der Waals surface area contributed by atoms with Crippen LogP contribution in [0.5, 0.6) is 5.75 Å². The molecule has 30 heavy (non-hydrogen) atoms. The van der Waals surface area contributed by atoms with E-state index in [1.54, 1.807) is 0 Å². The third-order valence-electron chi connectivity index (χ3n) is 5.86. The molecule has 1 aliphatic rings. The van der Waals surface area contributed by atoms with Crippen molar-refractivity contribution in [2.75, 3.05) is 13.2 Å². The van der Waals surface area contributed by atoms with Gasteiger partial charge in [-0.3, -0.25) is 9.59 Å². The Labute approximate surface area is 177 Å². The first kappa shape index (κ1) is 20.1. The summed E-state index contributed by atoms with van der Waals surface area (Å²) in [4.78, 5) is 25.0. The molecule has 1 aliphatic heterocycles. The van der Waals surface area contributed by atoms with Crippen molar-refractivity contribution in [2.45, 2.75) is 39.0 Å². The van der Waals surface area contributed by atoms with E-state index in [9.17, 15) is 9.59 Å². The lowest BCUT2D eigenvalue weighted by Gasteiger charge is -2.32. The molecule has 0 bridgehead atoms. The molecule has 4 rings (SSSR count). The molecule has 3 aromatic carbocycles. The highest BCUT2D eigenvalue weighted by atomic mass is 16.5. The Morgan fingerprint density at radius 1 is 0.967 bits per heavy atom. The van der Waals surface area contributed by atoms with E-state index in [0.29, 0.717) is 30.7 Å². The van der Waals surface area contributed by atoms with Gasteiger partial charge in [0.1, 0.15) is 5.75 Å². The fourth-order valence-corrected chi connectivity index (χ4v) is 4.03. The van der Waals surface area contributed by atoms with Gasteiger partial charge in [-0.1, -0.05) is 44.2 Å². The van der Waals surface area contributed by atoms with Crippen molar-refractivity contribution in [1.29, 1.82) is 0 Å². The van der Waals surface area contributed by atoms with Gasteiger partial charge in [-0.15, -0.1) is 0 Å². The van der Waals surface area contributed by atoms with Crippen LogP contribution < -0.4 is 10.1 Å². The van der Waals surface area contributed by atoms with Crippen LogP contribution in [0.3, 0.4) is 0 Å². The van der Waals surface area contributed by atoms with Crippen molar-refractivity contribution >= 4 is 22.5 Å². The second-order valence-electron chi connectivity index (χ2n) is 8.55. The number of carbonyl (C=O) groups is 2. The Kier molecular flexibility index (Phi) is 5.33. The number of hydrogen-bond donors (Lipinski definition) is 1. The number of nitrogens with one attached hydrogen (secondary N) is 1. The summed E-state index contributed by atoms with van der Waals surface area (Å²) in [6.45, 7) is 7.63. The van der Waals surface area contributed by atoms with Crippen LogP contribution in [0.15, 0.2) is 54.6 Å². The maximum atomic E-state index is 13.2. The Morgan fingerprint density at radius 3 is 2.47 bits per heavy atom. The molecule has 4 heteroatoms. The SMILES string of the molecule is CCNC(=O)Cc1ccc2cc(C(=O)c3ccc4c(c3)C(C)(C)CCO4)ccc2c1. The van der Waals surface area contributed by atoms with Gasteiger partial charge in [0.05, 0.1) is 13.0 Å². The first-order valence-corrected chi connectivity index (χ1v) is 10.5. The zero-order valence-corrected chi connectivity index (χ0v) is 17.7. The van der Waals surface area contributed by atoms with E-state index >= 15 is 0 Å². The zero-order chi connectivity index (χ0) is 21.3. The van der Waals surface area contributed by atoms with Crippen molar-refractivity contribution < 1.29 is 14.3 Å². The van der Waals surface area contributed by atoms with Crippen LogP contribution >= 0.6 is 0 Å². The smallest absolute Gasteiger partial charge is 0.224 e. The number of carbonyl (C=O) groups excluding carboxylic acids is 2. The molecular formula is C26H27NO3. The Bertz CT molecular complexity index is 1130. The summed E-state index contributed by atoms with van der Waals surface area (Å²) in [5.74, 6) is 0.899. The van der Waals surface area contributed by atoms with Crippen LogP contribution in [0, 0.1) is 0 Å². The molecule has 0 fully saturated rings. The standard InChI is InChI=1S/C26H27NO3/c1-4-27-24(28)14-17-5-6-19-15-20(8-7-18(19)13-17)25(29)21-9-10-23-22(16-21)26(2,3)11-12-30-23/h5-10,13,15-16H,4,11-12,14H2,1-3H3,(H,27,28). The fraction of sp³-hybridized carbons (Fsp3) is 0.308. The molecule has 0 unspecified atom stereocenters. The van der Waals surface area contributed by atoms with Gasteiger partial charge in [-0.2, -0.15) is 0 Å². The van der Waals surface area contributed by atoms with Gasteiger partial charge in [0.2, 0.25) is 5.91 Å². The van der Waals surface area contributed by atoms with Gasteiger partial charge in [0, 0.05) is 23.2 Å². The maximum absolute atomic E-state index is 13.2. The molecule has 0 saturated carbocycles. The number of likely N-dealkylation sites (N-methyl/N-ethyl adjacent to an activating group) is 1. The summed E-state index contributed by atoms with van der Waals surface area (Å²) in [6, 6.07) is 17.4. The van der Waals surface area contributed by atoms with Gasteiger partial charge in [-0.25, -0.2) is 0 Å². The third-order valence-corrected chi connectivity index (χ3v) is 5.86. The molecule has 1 amide bonds. The molecule has 0 aliphatic carbocycles. The van der Waals surface area contributed by atoms with Crippen LogP contribution in [0.2, 0.25) is 0 Å². The first-order chi connectivity index (χ1) is 14.4. The summed E-state index contributed by atoms with van der Waals surface area (Å²) < 4.78 is 5.77. The van der Waals surface area contributed by atoms with Crippen LogP contribution in [-0.4, -0.2) is 24.8 Å². The minimum Gasteiger partial charge on any atom is -0.493 e.